The number of rotatable bonds is 5. The van der Waals surface area contributed by atoms with Crippen molar-refractivity contribution in [1.29, 1.82) is 0 Å². The predicted octanol–water partition coefficient (Wildman–Crippen LogP) is 2.12. The number of benzene rings is 1. The number of nitro benzene ring substituents is 1. The third-order valence-electron chi connectivity index (χ3n) is 3.57. The van der Waals surface area contributed by atoms with Gasteiger partial charge in [-0.05, 0) is 12.1 Å². The second-order valence-corrected chi connectivity index (χ2v) is 5.80. The molecular weight excluding hydrogens is 364 g/mol. The summed E-state index contributed by atoms with van der Waals surface area (Å²) in [7, 11) is 1.71. The second-order valence-electron chi connectivity index (χ2n) is 5.42. The molecule has 0 spiro atoms. The Kier molecular flexibility index (Phi) is 4.67. The van der Waals surface area contributed by atoms with Crippen molar-refractivity contribution in [2.24, 2.45) is 0 Å². The molecule has 10 nitrogen and oxygen atoms in total. The maximum absolute atomic E-state index is 12.5. The fourth-order valence-corrected chi connectivity index (χ4v) is 2.57. The lowest BCUT2D eigenvalue weighted by Gasteiger charge is -2.18. The molecule has 2 aromatic heterocycles. The third-order valence-corrected chi connectivity index (χ3v) is 3.92. The largest absolute Gasteiger partial charge is 0.364 e. The van der Waals surface area contributed by atoms with Gasteiger partial charge in [0.05, 0.1) is 29.0 Å². The first-order chi connectivity index (χ1) is 12.4. The van der Waals surface area contributed by atoms with E-state index in [2.05, 4.69) is 15.2 Å². The fourth-order valence-electron chi connectivity index (χ4n) is 2.29. The molecule has 0 fully saturated rings. The molecule has 0 unspecified atom stereocenters. The zero-order valence-electron chi connectivity index (χ0n) is 13.8. The molecule has 0 aliphatic carbocycles. The Morgan fingerprint density at radius 3 is 2.62 bits per heavy atom. The van der Waals surface area contributed by atoms with E-state index >= 15 is 0 Å². The van der Waals surface area contributed by atoms with E-state index in [0.717, 1.165) is 4.68 Å². The predicted molar refractivity (Wildman–Crippen MR) is 92.6 cm³/mol. The van der Waals surface area contributed by atoms with Crippen molar-refractivity contribution < 1.29 is 9.45 Å². The minimum Gasteiger partial charge on any atom is -0.364 e. The first-order valence-corrected chi connectivity index (χ1v) is 7.77. The van der Waals surface area contributed by atoms with Crippen molar-refractivity contribution in [3.05, 3.63) is 67.7 Å². The van der Waals surface area contributed by atoms with Gasteiger partial charge in [0.2, 0.25) is 5.89 Å². The molecule has 0 atom stereocenters. The average Bonchev–Trinajstić information content (AvgIpc) is 3.02. The third kappa shape index (κ3) is 3.40. The molecule has 26 heavy (non-hydrogen) atoms. The topological polar surface area (TPSA) is 120 Å². The summed E-state index contributed by atoms with van der Waals surface area (Å²) in [6.07, 6.45) is 1.43. The summed E-state index contributed by atoms with van der Waals surface area (Å²) in [4.78, 5) is 28.5. The summed E-state index contributed by atoms with van der Waals surface area (Å²) < 4.78 is 5.98. The van der Waals surface area contributed by atoms with Crippen molar-refractivity contribution >= 4 is 23.0 Å². The van der Waals surface area contributed by atoms with E-state index in [1.807, 2.05) is 0 Å². The van der Waals surface area contributed by atoms with Gasteiger partial charge in [-0.15, -0.1) is 0 Å². The smallest absolute Gasteiger partial charge is 0.292 e. The van der Waals surface area contributed by atoms with Crippen LogP contribution in [0.2, 0.25) is 5.02 Å². The molecule has 3 rings (SSSR count). The number of nitrogens with zero attached hydrogens (tertiary/aromatic N) is 6. The number of hydrogen-bond acceptors (Lipinski definition) is 8. The van der Waals surface area contributed by atoms with Crippen molar-refractivity contribution in [2.75, 3.05) is 11.9 Å². The Morgan fingerprint density at radius 1 is 1.35 bits per heavy atom. The second kappa shape index (κ2) is 6.92. The molecule has 0 amide bonds. The van der Waals surface area contributed by atoms with Crippen LogP contribution in [0.5, 0.6) is 0 Å². The van der Waals surface area contributed by atoms with Gasteiger partial charge in [0.1, 0.15) is 5.02 Å². The van der Waals surface area contributed by atoms with Crippen LogP contribution in [0.1, 0.15) is 11.7 Å². The summed E-state index contributed by atoms with van der Waals surface area (Å²) in [5, 5.41) is 18.6. The molecule has 0 N–H and O–H groups in total. The van der Waals surface area contributed by atoms with Gasteiger partial charge >= 0.3 is 0 Å². The number of aryl methyl sites for hydroxylation is 1. The molecule has 3 aromatic rings. The van der Waals surface area contributed by atoms with Gasteiger partial charge in [0.15, 0.2) is 5.82 Å². The lowest BCUT2D eigenvalue weighted by Crippen LogP contribution is -2.26. The maximum atomic E-state index is 12.5. The fraction of sp³-hybridized carbons (Fsp3) is 0.200. The molecule has 0 saturated heterocycles. The van der Waals surface area contributed by atoms with Crippen LogP contribution in [0.15, 0.2) is 39.8 Å². The summed E-state index contributed by atoms with van der Waals surface area (Å²) in [6.45, 7) is 1.95. The number of non-ortho nitro benzene ring substituents is 1. The first-order valence-electron chi connectivity index (χ1n) is 7.40. The van der Waals surface area contributed by atoms with Crippen LogP contribution in [-0.4, -0.2) is 31.9 Å². The van der Waals surface area contributed by atoms with E-state index in [-0.39, 0.29) is 17.3 Å². The Labute approximate surface area is 151 Å². The summed E-state index contributed by atoms with van der Waals surface area (Å²) in [5.41, 5.74) is 0.136. The molecule has 0 bridgehead atoms. The van der Waals surface area contributed by atoms with E-state index in [0.29, 0.717) is 23.1 Å². The van der Waals surface area contributed by atoms with Crippen LogP contribution < -0.4 is 10.5 Å². The van der Waals surface area contributed by atoms with Gasteiger partial charge in [-0.25, -0.2) is 0 Å². The normalized spacial score (nSPS) is 10.7. The van der Waals surface area contributed by atoms with Crippen molar-refractivity contribution in [3.63, 3.8) is 0 Å². The van der Waals surface area contributed by atoms with Gasteiger partial charge in [0.25, 0.3) is 11.2 Å². The van der Waals surface area contributed by atoms with Crippen LogP contribution in [0.3, 0.4) is 0 Å². The zero-order chi connectivity index (χ0) is 18.8. The minimum absolute atomic E-state index is 0.0407. The molecule has 134 valence electrons. The van der Waals surface area contributed by atoms with Gasteiger partial charge in [-0.2, -0.15) is 14.8 Å². The Bertz CT molecular complexity index is 1010. The highest BCUT2D eigenvalue weighted by atomic mass is 35.5. The lowest BCUT2D eigenvalue weighted by molar-refractivity contribution is -0.384. The Hall–Kier alpha value is -3.27. The first kappa shape index (κ1) is 17.5. The highest BCUT2D eigenvalue weighted by molar-refractivity contribution is 6.33. The van der Waals surface area contributed by atoms with E-state index in [4.69, 9.17) is 16.1 Å². The maximum Gasteiger partial charge on any atom is 0.292 e. The zero-order valence-corrected chi connectivity index (χ0v) is 14.5. The molecule has 0 saturated carbocycles. The van der Waals surface area contributed by atoms with Crippen molar-refractivity contribution in [3.8, 4) is 5.69 Å². The highest BCUT2D eigenvalue weighted by Gasteiger charge is 2.16. The standard InChI is InChI=1S/C15H13ClN6O4/c1-9-18-13(19-26-9)8-20(2)12-7-17-21(15(23)14(12)16)10-3-5-11(6-4-10)22(24)25/h3-7H,8H2,1-2H3. The van der Waals surface area contributed by atoms with Crippen LogP contribution in [0, 0.1) is 17.0 Å². The summed E-state index contributed by atoms with van der Waals surface area (Å²) in [6, 6.07) is 5.43. The summed E-state index contributed by atoms with van der Waals surface area (Å²) >= 11 is 6.21. The summed E-state index contributed by atoms with van der Waals surface area (Å²) in [5.74, 6) is 0.881. The molecular formula is C15H13ClN6O4. The van der Waals surface area contributed by atoms with Gasteiger partial charge in [-0.1, -0.05) is 16.8 Å². The van der Waals surface area contributed by atoms with Crippen molar-refractivity contribution in [1.82, 2.24) is 19.9 Å². The number of aromatic nitrogens is 4. The molecule has 1 aromatic carbocycles. The molecule has 11 heteroatoms. The van der Waals surface area contributed by atoms with Crippen LogP contribution >= 0.6 is 11.6 Å². The Morgan fingerprint density at radius 2 is 2.04 bits per heavy atom. The van der Waals surface area contributed by atoms with Gasteiger partial charge in [0, 0.05) is 26.1 Å². The van der Waals surface area contributed by atoms with Crippen LogP contribution in [-0.2, 0) is 6.54 Å². The number of halogens is 1. The minimum atomic E-state index is -0.547. The van der Waals surface area contributed by atoms with E-state index in [9.17, 15) is 14.9 Å². The molecule has 0 aliphatic heterocycles. The Balaban J connectivity index is 1.90. The van der Waals surface area contributed by atoms with Gasteiger partial charge in [-0.3, -0.25) is 14.9 Å². The number of hydrogen-bond donors (Lipinski definition) is 0. The van der Waals surface area contributed by atoms with Crippen molar-refractivity contribution in [2.45, 2.75) is 13.5 Å². The lowest BCUT2D eigenvalue weighted by atomic mass is 10.3. The van der Waals surface area contributed by atoms with E-state index < -0.39 is 10.5 Å². The van der Waals surface area contributed by atoms with Crippen LogP contribution in [0.4, 0.5) is 11.4 Å². The molecule has 0 radical (unpaired) electrons. The number of nitro groups is 1. The van der Waals surface area contributed by atoms with Gasteiger partial charge < -0.3 is 9.42 Å². The van der Waals surface area contributed by atoms with E-state index in [1.54, 1.807) is 18.9 Å². The number of anilines is 1. The monoisotopic (exact) mass is 376 g/mol. The molecule has 2 heterocycles. The highest BCUT2D eigenvalue weighted by Crippen LogP contribution is 2.22. The SMILES string of the molecule is Cc1nc(CN(C)c2cnn(-c3ccc([N+](=O)[O-])cc3)c(=O)c2Cl)no1. The quantitative estimate of drug-likeness (QED) is 0.490. The van der Waals surface area contributed by atoms with Crippen LogP contribution in [0.25, 0.3) is 5.69 Å². The molecule has 0 aliphatic rings. The van der Waals surface area contributed by atoms with E-state index in [1.165, 1.54) is 30.5 Å². The average molecular weight is 377 g/mol.